The van der Waals surface area contributed by atoms with E-state index in [2.05, 4.69) is 46.4 Å². The van der Waals surface area contributed by atoms with Crippen LogP contribution in [0.4, 0.5) is 5.69 Å². The Morgan fingerprint density at radius 2 is 2.10 bits per heavy atom. The van der Waals surface area contributed by atoms with E-state index in [9.17, 15) is 0 Å². The fourth-order valence-corrected chi connectivity index (χ4v) is 3.08. The third kappa shape index (κ3) is 2.93. The average molecular weight is 269 g/mol. The highest BCUT2D eigenvalue weighted by atomic mass is 15.1. The van der Waals surface area contributed by atoms with E-state index in [0.717, 1.165) is 0 Å². The number of likely N-dealkylation sites (tertiary alicyclic amines) is 1. The van der Waals surface area contributed by atoms with Crippen molar-refractivity contribution < 1.29 is 0 Å². The molecule has 3 rings (SSSR count). The monoisotopic (exact) mass is 269 g/mol. The number of rotatable bonds is 4. The van der Waals surface area contributed by atoms with Crippen LogP contribution in [-0.2, 0) is 0 Å². The number of hydrogen-bond donors (Lipinski definition) is 1. The van der Waals surface area contributed by atoms with Crippen molar-refractivity contribution in [3.8, 4) is 0 Å². The first-order valence-electron chi connectivity index (χ1n) is 7.68. The van der Waals surface area contributed by atoms with E-state index < -0.39 is 0 Å². The van der Waals surface area contributed by atoms with E-state index in [0.29, 0.717) is 6.04 Å². The molecule has 0 bridgehead atoms. The maximum Gasteiger partial charge on any atom is 0.0437 e. The number of anilines is 1. The maximum atomic E-state index is 4.25. The van der Waals surface area contributed by atoms with Crippen molar-refractivity contribution in [3.05, 3.63) is 36.7 Å². The summed E-state index contributed by atoms with van der Waals surface area (Å²) in [5, 5.41) is 6.21. The lowest BCUT2D eigenvalue weighted by molar-refractivity contribution is 0.219. The Hall–Kier alpha value is -1.61. The first-order chi connectivity index (χ1) is 9.86. The summed E-state index contributed by atoms with van der Waals surface area (Å²) in [6.07, 6.45) is 7.54. The highest BCUT2D eigenvalue weighted by molar-refractivity contribution is 5.93. The lowest BCUT2D eigenvalue weighted by Crippen LogP contribution is -2.39. The summed E-state index contributed by atoms with van der Waals surface area (Å²) >= 11 is 0. The Kier molecular flexibility index (Phi) is 4.16. The molecule has 20 heavy (non-hydrogen) atoms. The van der Waals surface area contributed by atoms with Gasteiger partial charge in [-0.2, -0.15) is 0 Å². The molecule has 1 aromatic heterocycles. The predicted octanol–water partition coefficient (Wildman–Crippen LogP) is 3.52. The van der Waals surface area contributed by atoms with Gasteiger partial charge in [0.25, 0.3) is 0 Å². The van der Waals surface area contributed by atoms with Crippen molar-refractivity contribution in [1.82, 2.24) is 9.88 Å². The molecule has 0 spiro atoms. The molecule has 3 nitrogen and oxygen atoms in total. The van der Waals surface area contributed by atoms with Crippen LogP contribution in [0, 0.1) is 0 Å². The lowest BCUT2D eigenvalue weighted by Gasteiger charge is -2.32. The Bertz CT molecular complexity index is 554. The topological polar surface area (TPSA) is 28.2 Å². The molecule has 0 aliphatic carbocycles. The number of benzene rings is 1. The van der Waals surface area contributed by atoms with E-state index in [4.69, 9.17) is 0 Å². The van der Waals surface area contributed by atoms with Crippen LogP contribution < -0.4 is 5.32 Å². The molecular weight excluding hydrogens is 246 g/mol. The molecule has 1 N–H and O–H groups in total. The Morgan fingerprint density at radius 3 is 2.90 bits per heavy atom. The largest absolute Gasteiger partial charge is 0.382 e. The van der Waals surface area contributed by atoms with Gasteiger partial charge in [-0.25, -0.2) is 0 Å². The molecule has 0 saturated carbocycles. The van der Waals surface area contributed by atoms with E-state index in [1.807, 2.05) is 12.4 Å². The highest BCUT2D eigenvalue weighted by Crippen LogP contribution is 2.24. The standard InChI is InChI=1S/C17H23N3/c1-2-10-20-11-7-15(8-12-20)19-17-5-3-4-14-6-9-18-13-16(14)17/h3-6,9,13,15,19H,2,7-8,10-12H2,1H3. The molecule has 106 valence electrons. The summed E-state index contributed by atoms with van der Waals surface area (Å²) in [5.74, 6) is 0. The van der Waals surface area contributed by atoms with Crippen LogP contribution >= 0.6 is 0 Å². The van der Waals surface area contributed by atoms with Crippen molar-refractivity contribution in [2.75, 3.05) is 25.0 Å². The quantitative estimate of drug-likeness (QED) is 0.920. The molecule has 1 aliphatic heterocycles. The molecule has 1 saturated heterocycles. The number of piperidine rings is 1. The van der Waals surface area contributed by atoms with Crippen molar-refractivity contribution >= 4 is 16.5 Å². The summed E-state index contributed by atoms with van der Waals surface area (Å²) in [4.78, 5) is 6.83. The fraction of sp³-hybridized carbons (Fsp3) is 0.471. The molecular formula is C17H23N3. The molecule has 3 heteroatoms. The van der Waals surface area contributed by atoms with Gasteiger partial charge in [0.1, 0.15) is 0 Å². The van der Waals surface area contributed by atoms with E-state index in [1.165, 1.54) is 55.4 Å². The summed E-state index contributed by atoms with van der Waals surface area (Å²) in [6, 6.07) is 9.10. The fourth-order valence-electron chi connectivity index (χ4n) is 3.08. The van der Waals surface area contributed by atoms with Crippen LogP contribution in [0.15, 0.2) is 36.7 Å². The second kappa shape index (κ2) is 6.23. The van der Waals surface area contributed by atoms with Crippen molar-refractivity contribution in [1.29, 1.82) is 0 Å². The number of aromatic nitrogens is 1. The SMILES string of the molecule is CCCN1CCC(Nc2cccc3ccncc23)CC1. The van der Waals surface area contributed by atoms with Gasteiger partial charge in [-0.3, -0.25) is 4.98 Å². The second-order valence-corrected chi connectivity index (χ2v) is 5.66. The van der Waals surface area contributed by atoms with Crippen LogP contribution in [0.5, 0.6) is 0 Å². The molecule has 0 amide bonds. The van der Waals surface area contributed by atoms with Gasteiger partial charge in [0.2, 0.25) is 0 Å². The van der Waals surface area contributed by atoms with Crippen LogP contribution in [0.25, 0.3) is 10.8 Å². The van der Waals surface area contributed by atoms with Crippen molar-refractivity contribution in [2.24, 2.45) is 0 Å². The number of nitrogens with zero attached hydrogens (tertiary/aromatic N) is 2. The maximum absolute atomic E-state index is 4.25. The van der Waals surface area contributed by atoms with Gasteiger partial charge in [-0.15, -0.1) is 0 Å². The van der Waals surface area contributed by atoms with Gasteiger partial charge >= 0.3 is 0 Å². The molecule has 2 aromatic rings. The Labute approximate surface area is 121 Å². The first-order valence-corrected chi connectivity index (χ1v) is 7.68. The minimum absolute atomic E-state index is 0.592. The smallest absolute Gasteiger partial charge is 0.0437 e. The summed E-state index contributed by atoms with van der Waals surface area (Å²) in [7, 11) is 0. The highest BCUT2D eigenvalue weighted by Gasteiger charge is 2.18. The Morgan fingerprint density at radius 1 is 1.25 bits per heavy atom. The average Bonchev–Trinajstić information content (AvgIpc) is 2.50. The minimum Gasteiger partial charge on any atom is -0.382 e. The third-order valence-corrected chi connectivity index (χ3v) is 4.17. The zero-order valence-corrected chi connectivity index (χ0v) is 12.2. The van der Waals surface area contributed by atoms with E-state index in [-0.39, 0.29) is 0 Å². The predicted molar refractivity (Wildman–Crippen MR) is 85.1 cm³/mol. The molecule has 0 unspecified atom stereocenters. The molecule has 0 radical (unpaired) electrons. The summed E-state index contributed by atoms with van der Waals surface area (Å²) < 4.78 is 0. The summed E-state index contributed by atoms with van der Waals surface area (Å²) in [6.45, 7) is 5.93. The zero-order valence-electron chi connectivity index (χ0n) is 12.2. The van der Waals surface area contributed by atoms with Gasteiger partial charge < -0.3 is 10.2 Å². The number of hydrogen-bond acceptors (Lipinski definition) is 3. The second-order valence-electron chi connectivity index (χ2n) is 5.66. The molecule has 1 aromatic carbocycles. The van der Waals surface area contributed by atoms with Gasteiger partial charge in [-0.05, 0) is 43.3 Å². The molecule has 1 aliphatic rings. The van der Waals surface area contributed by atoms with Crippen LogP contribution in [0.3, 0.4) is 0 Å². The third-order valence-electron chi connectivity index (χ3n) is 4.17. The summed E-state index contributed by atoms with van der Waals surface area (Å²) in [5.41, 5.74) is 1.23. The van der Waals surface area contributed by atoms with Gasteiger partial charge in [0, 0.05) is 42.6 Å². The van der Waals surface area contributed by atoms with Crippen molar-refractivity contribution in [3.63, 3.8) is 0 Å². The minimum atomic E-state index is 0.592. The number of pyridine rings is 1. The van der Waals surface area contributed by atoms with Crippen LogP contribution in [-0.4, -0.2) is 35.6 Å². The normalized spacial score (nSPS) is 17.4. The van der Waals surface area contributed by atoms with E-state index in [1.54, 1.807) is 0 Å². The van der Waals surface area contributed by atoms with Gasteiger partial charge in [0.15, 0.2) is 0 Å². The molecule has 1 fully saturated rings. The number of nitrogens with one attached hydrogen (secondary N) is 1. The molecule has 0 atom stereocenters. The first kappa shape index (κ1) is 13.4. The number of fused-ring (bicyclic) bond motifs is 1. The van der Waals surface area contributed by atoms with Gasteiger partial charge in [0.05, 0.1) is 0 Å². The lowest BCUT2D eigenvalue weighted by atomic mass is 10.0. The van der Waals surface area contributed by atoms with E-state index >= 15 is 0 Å². The molecule has 2 heterocycles. The Balaban J connectivity index is 1.68. The van der Waals surface area contributed by atoms with Crippen molar-refractivity contribution in [2.45, 2.75) is 32.2 Å². The van der Waals surface area contributed by atoms with Crippen LogP contribution in [0.2, 0.25) is 0 Å². The zero-order chi connectivity index (χ0) is 13.8. The van der Waals surface area contributed by atoms with Crippen LogP contribution in [0.1, 0.15) is 26.2 Å². The van der Waals surface area contributed by atoms with Gasteiger partial charge in [-0.1, -0.05) is 19.1 Å².